The summed E-state index contributed by atoms with van der Waals surface area (Å²) in [5.41, 5.74) is 1.09. The quantitative estimate of drug-likeness (QED) is 0.647. The number of hydrogen-bond acceptors (Lipinski definition) is 5. The van der Waals surface area contributed by atoms with Crippen molar-refractivity contribution in [2.24, 2.45) is 10.1 Å². The topological polar surface area (TPSA) is 57.1 Å². The summed E-state index contributed by atoms with van der Waals surface area (Å²) in [5.74, 6) is 0.699. The Morgan fingerprint density at radius 3 is 2.60 bits per heavy atom. The van der Waals surface area contributed by atoms with E-state index >= 15 is 0 Å². The molecule has 1 atom stereocenters. The number of amidine groups is 1. The number of rotatable bonds is 6. The highest BCUT2D eigenvalue weighted by atomic mass is 35.5. The van der Waals surface area contributed by atoms with Crippen LogP contribution in [0.5, 0.6) is 0 Å². The zero-order chi connectivity index (χ0) is 21.1. The maximum atomic E-state index is 13.1. The number of fused-ring (bicyclic) bond motifs is 2. The average Bonchev–Trinajstić information content (AvgIpc) is 2.73. The van der Waals surface area contributed by atoms with Crippen LogP contribution in [-0.2, 0) is 4.79 Å². The summed E-state index contributed by atoms with van der Waals surface area (Å²) in [5, 5.41) is 12.3. The summed E-state index contributed by atoms with van der Waals surface area (Å²) in [7, 11) is 0. The number of carbonyl (C=O) groups is 1. The molecule has 5 nitrogen and oxygen atoms in total. The summed E-state index contributed by atoms with van der Waals surface area (Å²) in [4.78, 5) is 17.9. The fraction of sp³-hybridized carbons (Fsp3) is 0.318. The molecule has 0 saturated heterocycles. The molecule has 0 unspecified atom stereocenters. The fourth-order valence-corrected chi connectivity index (χ4v) is 4.98. The number of hydrazone groups is 1. The van der Waals surface area contributed by atoms with Gasteiger partial charge in [0.05, 0.1) is 5.36 Å². The molecule has 1 amide bonds. The van der Waals surface area contributed by atoms with Gasteiger partial charge >= 0.3 is 0 Å². The molecular weight excluding hydrogens is 439 g/mol. The number of thioether (sulfide) groups is 1. The summed E-state index contributed by atoms with van der Waals surface area (Å²) >= 11 is 14.5. The van der Waals surface area contributed by atoms with E-state index in [4.69, 9.17) is 33.3 Å². The van der Waals surface area contributed by atoms with Gasteiger partial charge in [-0.1, -0.05) is 85.4 Å². The molecule has 1 N–H and O–H groups in total. The smallest absolute Gasteiger partial charge is 0.276 e. The van der Waals surface area contributed by atoms with Crippen LogP contribution in [0.25, 0.3) is 5.70 Å². The highest BCUT2D eigenvalue weighted by molar-refractivity contribution is 8.13. The van der Waals surface area contributed by atoms with Gasteiger partial charge in [-0.3, -0.25) is 15.1 Å². The van der Waals surface area contributed by atoms with E-state index in [0.717, 1.165) is 17.4 Å². The first-order valence-electron chi connectivity index (χ1n) is 10.0. The second-order valence-electron chi connectivity index (χ2n) is 7.12. The third kappa shape index (κ3) is 4.22. The van der Waals surface area contributed by atoms with Crippen molar-refractivity contribution >= 4 is 51.7 Å². The number of carbonyl (C=O) groups excluding carboxylic acids is 1. The van der Waals surface area contributed by atoms with E-state index < -0.39 is 6.17 Å². The van der Waals surface area contributed by atoms with Gasteiger partial charge in [0.1, 0.15) is 5.70 Å². The molecule has 2 heterocycles. The van der Waals surface area contributed by atoms with Crippen molar-refractivity contribution in [3.05, 3.63) is 68.6 Å². The van der Waals surface area contributed by atoms with Crippen molar-refractivity contribution in [1.29, 1.82) is 0 Å². The first-order valence-corrected chi connectivity index (χ1v) is 11.8. The number of nitrogens with one attached hydrogen (secondary N) is 1. The standard InChI is InChI=1S/C22H22Cl2N4OS/c1-2-3-4-7-13-30-22-26-21(29)19-14-9-5-6-12-17(14)25-20(28(19)27-22)18-15(23)10-8-11-16(18)24/h5-6,8-12,20H,2-4,7,13H2,1H3,(H,26,27,29)/t20-/m0/s1. The van der Waals surface area contributed by atoms with Crippen LogP contribution < -0.4 is 15.9 Å². The van der Waals surface area contributed by atoms with Gasteiger partial charge in [-0.25, -0.2) is 5.01 Å². The predicted molar refractivity (Wildman–Crippen MR) is 124 cm³/mol. The van der Waals surface area contributed by atoms with E-state index in [1.807, 2.05) is 24.3 Å². The maximum Gasteiger partial charge on any atom is 0.276 e. The van der Waals surface area contributed by atoms with Crippen molar-refractivity contribution in [1.82, 2.24) is 10.3 Å². The largest absolute Gasteiger partial charge is 0.298 e. The zero-order valence-electron chi connectivity index (χ0n) is 16.6. The van der Waals surface area contributed by atoms with Gasteiger partial charge in [0.15, 0.2) is 11.3 Å². The van der Waals surface area contributed by atoms with Gasteiger partial charge in [0, 0.05) is 26.6 Å². The van der Waals surface area contributed by atoms with Crippen molar-refractivity contribution < 1.29 is 4.79 Å². The van der Waals surface area contributed by atoms with Gasteiger partial charge in [-0.2, -0.15) is 0 Å². The Kier molecular flexibility index (Phi) is 6.66. The van der Waals surface area contributed by atoms with E-state index in [1.54, 1.807) is 35.0 Å². The number of halogens is 2. The number of hydrogen-bond donors (Lipinski definition) is 1. The first-order chi connectivity index (χ1) is 14.6. The molecular formula is C22H22Cl2N4OS. The molecule has 156 valence electrons. The Bertz CT molecular complexity index is 1100. The molecule has 0 fully saturated rings. The Labute approximate surface area is 189 Å². The molecule has 0 aromatic heterocycles. The Balaban J connectivity index is 1.76. The molecule has 30 heavy (non-hydrogen) atoms. The Morgan fingerprint density at radius 1 is 1.07 bits per heavy atom. The number of benzene rings is 2. The summed E-state index contributed by atoms with van der Waals surface area (Å²) in [6, 6.07) is 12.9. The van der Waals surface area contributed by atoms with E-state index in [1.165, 1.54) is 19.3 Å². The highest BCUT2D eigenvalue weighted by Gasteiger charge is 2.36. The molecule has 4 rings (SSSR count). The molecule has 0 bridgehead atoms. The van der Waals surface area contributed by atoms with E-state index in [0.29, 0.717) is 31.8 Å². The second kappa shape index (κ2) is 9.41. The lowest BCUT2D eigenvalue weighted by Gasteiger charge is -2.34. The SMILES string of the molecule is CCCCCCSC1=NN2C(=c3ccccc3=N[C@@H]2c2c(Cl)cccc2Cl)C(=O)N1. The molecule has 2 aliphatic heterocycles. The van der Waals surface area contributed by atoms with Crippen molar-refractivity contribution in [3.8, 4) is 0 Å². The second-order valence-corrected chi connectivity index (χ2v) is 9.01. The van der Waals surface area contributed by atoms with E-state index in [2.05, 4.69) is 12.2 Å². The normalized spacial score (nSPS) is 17.6. The van der Waals surface area contributed by atoms with Crippen LogP contribution in [0, 0.1) is 0 Å². The highest BCUT2D eigenvalue weighted by Crippen LogP contribution is 2.38. The third-order valence-electron chi connectivity index (χ3n) is 5.01. The molecule has 2 aromatic rings. The predicted octanol–water partition coefficient (Wildman–Crippen LogP) is 4.45. The lowest BCUT2D eigenvalue weighted by Crippen LogP contribution is -2.50. The van der Waals surface area contributed by atoms with Crippen molar-refractivity contribution in [2.45, 2.75) is 38.8 Å². The molecule has 8 heteroatoms. The van der Waals surface area contributed by atoms with Gasteiger partial charge in [-0.15, -0.1) is 5.10 Å². The summed E-state index contributed by atoms with van der Waals surface area (Å²) in [6.45, 7) is 2.19. The summed E-state index contributed by atoms with van der Waals surface area (Å²) < 4.78 is 0. The minimum atomic E-state index is -0.613. The van der Waals surface area contributed by atoms with Crippen LogP contribution in [0.2, 0.25) is 10.0 Å². The van der Waals surface area contributed by atoms with Crippen LogP contribution >= 0.6 is 35.0 Å². The van der Waals surface area contributed by atoms with Crippen LogP contribution in [0.15, 0.2) is 52.6 Å². The monoisotopic (exact) mass is 460 g/mol. The van der Waals surface area contributed by atoms with Crippen LogP contribution in [0.1, 0.15) is 44.3 Å². The van der Waals surface area contributed by atoms with E-state index in [-0.39, 0.29) is 5.91 Å². The Morgan fingerprint density at radius 2 is 1.83 bits per heavy atom. The average molecular weight is 461 g/mol. The number of nitrogens with zero attached hydrogens (tertiary/aromatic N) is 3. The van der Waals surface area contributed by atoms with Crippen molar-refractivity contribution in [2.75, 3.05) is 5.75 Å². The van der Waals surface area contributed by atoms with Crippen molar-refractivity contribution in [3.63, 3.8) is 0 Å². The number of para-hydroxylation sites is 1. The van der Waals surface area contributed by atoms with Gasteiger partial charge in [0.2, 0.25) is 0 Å². The molecule has 0 aliphatic carbocycles. The van der Waals surface area contributed by atoms with Gasteiger partial charge in [0.25, 0.3) is 5.91 Å². The summed E-state index contributed by atoms with van der Waals surface area (Å²) in [6.07, 6.45) is 4.04. The number of unbranched alkanes of at least 4 members (excludes halogenated alkanes) is 3. The molecule has 0 spiro atoms. The van der Waals surface area contributed by atoms with E-state index in [9.17, 15) is 4.79 Å². The van der Waals surface area contributed by atoms with Crippen LogP contribution in [0.4, 0.5) is 0 Å². The van der Waals surface area contributed by atoms with Gasteiger partial charge < -0.3 is 0 Å². The number of amides is 1. The maximum absolute atomic E-state index is 13.1. The van der Waals surface area contributed by atoms with Crippen LogP contribution in [-0.4, -0.2) is 21.8 Å². The lowest BCUT2D eigenvalue weighted by atomic mass is 10.1. The molecule has 0 saturated carbocycles. The van der Waals surface area contributed by atoms with Gasteiger partial charge in [-0.05, 0) is 24.6 Å². The van der Waals surface area contributed by atoms with Crippen LogP contribution in [0.3, 0.4) is 0 Å². The molecule has 0 radical (unpaired) electrons. The third-order valence-corrected chi connectivity index (χ3v) is 6.62. The Hall–Kier alpha value is -2.02. The first kappa shape index (κ1) is 21.2. The zero-order valence-corrected chi connectivity index (χ0v) is 18.9. The molecule has 2 aliphatic rings. The fourth-order valence-electron chi connectivity index (χ4n) is 3.54. The lowest BCUT2D eigenvalue weighted by molar-refractivity contribution is -0.116. The minimum Gasteiger partial charge on any atom is -0.298 e. The minimum absolute atomic E-state index is 0.198. The molecule has 2 aromatic carbocycles.